The van der Waals surface area contributed by atoms with Crippen LogP contribution in [0.1, 0.15) is 11.5 Å². The highest BCUT2D eigenvalue weighted by molar-refractivity contribution is 5.79. The first-order chi connectivity index (χ1) is 9.28. The van der Waals surface area contributed by atoms with E-state index in [4.69, 9.17) is 15.5 Å². The molecule has 94 valence electrons. The van der Waals surface area contributed by atoms with Crippen LogP contribution in [0.2, 0.25) is 0 Å². The Kier molecular flexibility index (Phi) is 2.61. The largest absolute Gasteiger partial charge is 0.369 e. The summed E-state index contributed by atoms with van der Waals surface area (Å²) >= 11 is 0. The highest BCUT2D eigenvalue weighted by Gasteiger charge is 2.10. The molecular weight excluding hydrogens is 244 g/mol. The summed E-state index contributed by atoms with van der Waals surface area (Å²) in [6, 6.07) is 7.38. The number of nitrogens with zero attached hydrogens (tertiary/aromatic N) is 5. The average Bonchev–Trinajstić information content (AvgIpc) is 3.03. The number of aromatic nitrogens is 4. The molecule has 0 saturated heterocycles. The van der Waals surface area contributed by atoms with Crippen molar-refractivity contribution in [1.82, 2.24) is 19.7 Å². The lowest BCUT2D eigenvalue weighted by Gasteiger charge is -2.04. The van der Waals surface area contributed by atoms with Crippen LogP contribution >= 0.6 is 0 Å². The maximum Gasteiger partial charge on any atom is 0.228 e. The molecule has 3 aromatic rings. The monoisotopic (exact) mass is 254 g/mol. The third-order valence-electron chi connectivity index (χ3n) is 2.86. The van der Waals surface area contributed by atoms with Crippen molar-refractivity contribution >= 4 is 17.0 Å². The van der Waals surface area contributed by atoms with Gasteiger partial charge in [0.1, 0.15) is 0 Å². The maximum absolute atomic E-state index is 8.93. The molecule has 0 amide bonds. The van der Waals surface area contributed by atoms with E-state index in [0.29, 0.717) is 30.4 Å². The van der Waals surface area contributed by atoms with Crippen molar-refractivity contribution in [3.8, 4) is 6.07 Å². The first-order valence-corrected chi connectivity index (χ1v) is 5.69. The van der Waals surface area contributed by atoms with E-state index < -0.39 is 0 Å². The summed E-state index contributed by atoms with van der Waals surface area (Å²) in [5.74, 6) is 0.947. The van der Waals surface area contributed by atoms with Gasteiger partial charge in [-0.15, -0.1) is 0 Å². The molecular formula is C12H10N6O. The molecule has 0 aliphatic rings. The minimum absolute atomic E-state index is 0.407. The Hall–Kier alpha value is -2.88. The number of benzene rings is 1. The van der Waals surface area contributed by atoms with Gasteiger partial charge < -0.3 is 14.8 Å². The van der Waals surface area contributed by atoms with Gasteiger partial charge >= 0.3 is 0 Å². The van der Waals surface area contributed by atoms with E-state index in [9.17, 15) is 0 Å². The zero-order valence-corrected chi connectivity index (χ0v) is 9.95. The Balaban J connectivity index is 1.97. The van der Waals surface area contributed by atoms with E-state index in [1.165, 1.54) is 6.33 Å². The van der Waals surface area contributed by atoms with Gasteiger partial charge in [0.15, 0.2) is 6.33 Å². The molecule has 7 heteroatoms. The quantitative estimate of drug-likeness (QED) is 0.750. The van der Waals surface area contributed by atoms with Crippen LogP contribution < -0.4 is 5.73 Å². The molecule has 0 radical (unpaired) electrons. The van der Waals surface area contributed by atoms with Crippen LogP contribution in [0.15, 0.2) is 29.0 Å². The minimum atomic E-state index is 0.407. The fourth-order valence-electron chi connectivity index (χ4n) is 1.96. The Morgan fingerprint density at radius 1 is 1.42 bits per heavy atom. The van der Waals surface area contributed by atoms with Crippen LogP contribution in [0.3, 0.4) is 0 Å². The van der Waals surface area contributed by atoms with Crippen molar-refractivity contribution in [2.75, 3.05) is 5.73 Å². The standard InChI is InChI=1S/C12H10N6O/c13-6-8-1-2-9-10(5-8)18(12(14)17-9)4-3-11-15-7-16-19-11/h1-2,5,7H,3-4H2,(H2,14,17). The van der Waals surface area contributed by atoms with Gasteiger partial charge in [-0.3, -0.25) is 0 Å². The number of aryl methyl sites for hydroxylation is 2. The van der Waals surface area contributed by atoms with Crippen molar-refractivity contribution < 1.29 is 4.52 Å². The van der Waals surface area contributed by atoms with Crippen LogP contribution in [0.4, 0.5) is 5.95 Å². The van der Waals surface area contributed by atoms with Crippen molar-refractivity contribution in [2.24, 2.45) is 0 Å². The number of rotatable bonds is 3. The van der Waals surface area contributed by atoms with Crippen molar-refractivity contribution in [3.05, 3.63) is 36.0 Å². The van der Waals surface area contributed by atoms with Gasteiger partial charge in [-0.05, 0) is 18.2 Å². The molecule has 0 atom stereocenters. The molecule has 0 saturated carbocycles. The molecule has 0 spiro atoms. The molecule has 0 aliphatic carbocycles. The van der Waals surface area contributed by atoms with E-state index in [1.807, 2.05) is 4.57 Å². The molecule has 19 heavy (non-hydrogen) atoms. The van der Waals surface area contributed by atoms with Crippen molar-refractivity contribution in [3.63, 3.8) is 0 Å². The molecule has 0 aliphatic heterocycles. The summed E-state index contributed by atoms with van der Waals surface area (Å²) in [4.78, 5) is 8.21. The first-order valence-electron chi connectivity index (χ1n) is 5.69. The predicted octanol–water partition coefficient (Wildman–Crippen LogP) is 1.12. The lowest BCUT2D eigenvalue weighted by Crippen LogP contribution is -2.05. The number of anilines is 1. The molecule has 0 unspecified atom stereocenters. The highest BCUT2D eigenvalue weighted by atomic mass is 16.5. The van der Waals surface area contributed by atoms with Crippen molar-refractivity contribution in [1.29, 1.82) is 5.26 Å². The van der Waals surface area contributed by atoms with Crippen LogP contribution in [0.5, 0.6) is 0 Å². The predicted molar refractivity (Wildman–Crippen MR) is 66.9 cm³/mol. The lowest BCUT2D eigenvalue weighted by molar-refractivity contribution is 0.372. The molecule has 2 aromatic heterocycles. The SMILES string of the molecule is N#Cc1ccc2nc(N)n(CCc3ncno3)c2c1. The van der Waals surface area contributed by atoms with E-state index in [1.54, 1.807) is 18.2 Å². The Morgan fingerprint density at radius 3 is 3.05 bits per heavy atom. The average molecular weight is 254 g/mol. The number of hydrogen-bond acceptors (Lipinski definition) is 6. The maximum atomic E-state index is 8.93. The van der Waals surface area contributed by atoms with Crippen LogP contribution in [0.25, 0.3) is 11.0 Å². The third-order valence-corrected chi connectivity index (χ3v) is 2.86. The van der Waals surface area contributed by atoms with E-state index in [2.05, 4.69) is 21.2 Å². The van der Waals surface area contributed by atoms with Crippen LogP contribution in [-0.4, -0.2) is 19.7 Å². The second-order valence-electron chi connectivity index (χ2n) is 4.02. The van der Waals surface area contributed by atoms with E-state index in [-0.39, 0.29) is 0 Å². The summed E-state index contributed by atoms with van der Waals surface area (Å²) in [6.45, 7) is 0.569. The smallest absolute Gasteiger partial charge is 0.228 e. The zero-order valence-electron chi connectivity index (χ0n) is 9.95. The Morgan fingerprint density at radius 2 is 2.32 bits per heavy atom. The van der Waals surface area contributed by atoms with Crippen molar-refractivity contribution in [2.45, 2.75) is 13.0 Å². The van der Waals surface area contributed by atoms with Gasteiger partial charge in [0, 0.05) is 13.0 Å². The summed E-state index contributed by atoms with van der Waals surface area (Å²) in [6.07, 6.45) is 1.92. The minimum Gasteiger partial charge on any atom is -0.369 e. The van der Waals surface area contributed by atoms with Crippen LogP contribution in [-0.2, 0) is 13.0 Å². The molecule has 0 bridgehead atoms. The van der Waals surface area contributed by atoms with Gasteiger partial charge in [-0.2, -0.15) is 10.2 Å². The van der Waals surface area contributed by atoms with E-state index >= 15 is 0 Å². The van der Waals surface area contributed by atoms with Gasteiger partial charge in [0.05, 0.1) is 22.7 Å². The number of fused-ring (bicyclic) bond motifs is 1. The first kappa shape index (κ1) is 11.2. The van der Waals surface area contributed by atoms with Gasteiger partial charge in [0.25, 0.3) is 0 Å². The number of nitrogen functional groups attached to an aromatic ring is 1. The molecule has 7 nitrogen and oxygen atoms in total. The van der Waals surface area contributed by atoms with Gasteiger partial charge in [-0.25, -0.2) is 4.98 Å². The Labute approximate surface area is 108 Å². The number of nitrogens with two attached hydrogens (primary N) is 1. The number of hydrogen-bond donors (Lipinski definition) is 1. The van der Waals surface area contributed by atoms with E-state index in [0.717, 1.165) is 11.0 Å². The Bertz CT molecular complexity index is 752. The zero-order chi connectivity index (χ0) is 13.2. The molecule has 3 rings (SSSR count). The normalized spacial score (nSPS) is 10.7. The summed E-state index contributed by atoms with van der Waals surface area (Å²) in [7, 11) is 0. The van der Waals surface area contributed by atoms with Gasteiger partial charge in [-0.1, -0.05) is 5.16 Å². The summed E-state index contributed by atoms with van der Waals surface area (Å²) < 4.78 is 6.77. The van der Waals surface area contributed by atoms with Crippen LogP contribution in [0, 0.1) is 11.3 Å². The second kappa shape index (κ2) is 4.42. The van der Waals surface area contributed by atoms with Gasteiger partial charge in [0.2, 0.25) is 11.8 Å². The lowest BCUT2D eigenvalue weighted by atomic mass is 10.2. The summed E-state index contributed by atoms with van der Waals surface area (Å²) in [5.41, 5.74) is 8.06. The molecule has 1 aromatic carbocycles. The highest BCUT2D eigenvalue weighted by Crippen LogP contribution is 2.19. The molecule has 0 fully saturated rings. The fraction of sp³-hybridized carbons (Fsp3) is 0.167. The fourth-order valence-corrected chi connectivity index (χ4v) is 1.96. The molecule has 2 heterocycles. The summed E-state index contributed by atoms with van der Waals surface area (Å²) in [5, 5.41) is 12.5. The second-order valence-corrected chi connectivity index (χ2v) is 4.02. The number of imidazole rings is 1. The topological polar surface area (TPSA) is 107 Å². The third kappa shape index (κ3) is 1.99. The molecule has 2 N–H and O–H groups in total. The number of nitriles is 1.